The number of carbonyl (C=O) groups is 1. The van der Waals surface area contributed by atoms with Crippen molar-refractivity contribution in [3.63, 3.8) is 0 Å². The standard InChI is InChI=1S/C13H26N2O4/c1-11(9-18-3)15(5-7-17-2)13(16)8-12-10-19-6-4-14-12/h11-12,14H,4-10H2,1-3H3. The normalized spacial score (nSPS) is 21.1. The summed E-state index contributed by atoms with van der Waals surface area (Å²) in [5.74, 6) is 0.115. The van der Waals surface area contributed by atoms with Crippen LogP contribution in [-0.2, 0) is 19.0 Å². The maximum atomic E-state index is 12.4. The molecule has 0 aliphatic carbocycles. The summed E-state index contributed by atoms with van der Waals surface area (Å²) in [6.45, 7) is 5.78. The molecule has 0 aromatic carbocycles. The Balaban J connectivity index is 2.48. The molecule has 6 heteroatoms. The van der Waals surface area contributed by atoms with E-state index in [1.807, 2.05) is 11.8 Å². The Morgan fingerprint density at radius 1 is 1.47 bits per heavy atom. The summed E-state index contributed by atoms with van der Waals surface area (Å²) in [6, 6.07) is 0.165. The van der Waals surface area contributed by atoms with Gasteiger partial charge in [-0.05, 0) is 6.92 Å². The second kappa shape index (κ2) is 9.25. The average molecular weight is 274 g/mol. The Labute approximate surface area is 115 Å². The number of rotatable bonds is 8. The van der Waals surface area contributed by atoms with Crippen LogP contribution in [-0.4, -0.2) is 76.6 Å². The molecule has 1 aliphatic rings. The summed E-state index contributed by atoms with van der Waals surface area (Å²) in [7, 11) is 3.28. The quantitative estimate of drug-likeness (QED) is 0.668. The first-order valence-electron chi connectivity index (χ1n) is 6.77. The molecule has 1 N–H and O–H groups in total. The third-order valence-corrected chi connectivity index (χ3v) is 3.22. The minimum absolute atomic E-state index is 0.0529. The molecule has 2 atom stereocenters. The van der Waals surface area contributed by atoms with Crippen molar-refractivity contribution < 1.29 is 19.0 Å². The van der Waals surface area contributed by atoms with Gasteiger partial charge >= 0.3 is 0 Å². The Hall–Kier alpha value is -0.690. The Kier molecular flexibility index (Phi) is 7.97. The summed E-state index contributed by atoms with van der Waals surface area (Å²) in [4.78, 5) is 14.2. The largest absolute Gasteiger partial charge is 0.383 e. The summed E-state index contributed by atoms with van der Waals surface area (Å²) in [5.41, 5.74) is 0. The number of carbonyl (C=O) groups excluding carboxylic acids is 1. The van der Waals surface area contributed by atoms with Crippen LogP contribution in [0.25, 0.3) is 0 Å². The first-order valence-corrected chi connectivity index (χ1v) is 6.77. The first-order chi connectivity index (χ1) is 9.19. The van der Waals surface area contributed by atoms with Crippen molar-refractivity contribution in [1.82, 2.24) is 10.2 Å². The molecule has 1 aliphatic heterocycles. The molecule has 2 unspecified atom stereocenters. The molecule has 19 heavy (non-hydrogen) atoms. The van der Waals surface area contributed by atoms with E-state index in [0.717, 1.165) is 13.2 Å². The predicted molar refractivity (Wildman–Crippen MR) is 72.2 cm³/mol. The maximum absolute atomic E-state index is 12.4. The molecule has 1 amide bonds. The minimum Gasteiger partial charge on any atom is -0.383 e. The van der Waals surface area contributed by atoms with Crippen molar-refractivity contribution in [3.05, 3.63) is 0 Å². The molecule has 1 rings (SSSR count). The van der Waals surface area contributed by atoms with Crippen LogP contribution in [0, 0.1) is 0 Å². The lowest BCUT2D eigenvalue weighted by atomic mass is 10.1. The van der Waals surface area contributed by atoms with E-state index in [9.17, 15) is 4.79 Å². The molecule has 0 bridgehead atoms. The van der Waals surface area contributed by atoms with Crippen LogP contribution in [0.1, 0.15) is 13.3 Å². The molecule has 112 valence electrons. The van der Waals surface area contributed by atoms with Crippen molar-refractivity contribution in [2.45, 2.75) is 25.4 Å². The van der Waals surface area contributed by atoms with Gasteiger partial charge in [-0.15, -0.1) is 0 Å². The van der Waals surface area contributed by atoms with Crippen LogP contribution in [0.3, 0.4) is 0 Å². The van der Waals surface area contributed by atoms with Crippen LogP contribution >= 0.6 is 0 Å². The highest BCUT2D eigenvalue weighted by Gasteiger charge is 2.24. The number of ether oxygens (including phenoxy) is 3. The molecule has 0 saturated carbocycles. The number of amides is 1. The van der Waals surface area contributed by atoms with Gasteiger partial charge in [0.1, 0.15) is 0 Å². The van der Waals surface area contributed by atoms with Gasteiger partial charge in [0.15, 0.2) is 0 Å². The fraction of sp³-hybridized carbons (Fsp3) is 0.923. The van der Waals surface area contributed by atoms with E-state index in [1.54, 1.807) is 14.2 Å². The topological polar surface area (TPSA) is 60.0 Å². The highest BCUT2D eigenvalue weighted by molar-refractivity contribution is 5.77. The van der Waals surface area contributed by atoms with Crippen molar-refractivity contribution in [1.29, 1.82) is 0 Å². The van der Waals surface area contributed by atoms with Gasteiger partial charge in [-0.25, -0.2) is 0 Å². The number of nitrogens with one attached hydrogen (secondary N) is 1. The van der Waals surface area contributed by atoms with Crippen LogP contribution in [0.5, 0.6) is 0 Å². The highest BCUT2D eigenvalue weighted by atomic mass is 16.5. The molecule has 0 aromatic heterocycles. The van der Waals surface area contributed by atoms with Crippen LogP contribution in [0.15, 0.2) is 0 Å². The molecule has 1 fully saturated rings. The van der Waals surface area contributed by atoms with Crippen molar-refractivity contribution >= 4 is 5.91 Å². The zero-order valence-corrected chi connectivity index (χ0v) is 12.2. The SMILES string of the molecule is COCCN(C(=O)CC1COCCN1)C(C)COC. The fourth-order valence-corrected chi connectivity index (χ4v) is 2.19. The fourth-order valence-electron chi connectivity index (χ4n) is 2.19. The van der Waals surface area contributed by atoms with Gasteiger partial charge in [-0.3, -0.25) is 4.79 Å². The predicted octanol–water partition coefficient (Wildman–Crippen LogP) is -0.125. The Morgan fingerprint density at radius 2 is 2.26 bits per heavy atom. The van der Waals surface area contributed by atoms with Gasteiger partial charge in [0.2, 0.25) is 5.91 Å². The molecule has 0 aromatic rings. The number of methoxy groups -OCH3 is 2. The number of hydrogen-bond acceptors (Lipinski definition) is 5. The van der Waals surface area contributed by atoms with Gasteiger partial charge < -0.3 is 24.4 Å². The van der Waals surface area contributed by atoms with Crippen LogP contribution < -0.4 is 5.32 Å². The van der Waals surface area contributed by atoms with E-state index < -0.39 is 0 Å². The zero-order valence-electron chi connectivity index (χ0n) is 12.2. The van der Waals surface area contributed by atoms with E-state index in [2.05, 4.69) is 5.32 Å². The van der Waals surface area contributed by atoms with Crippen molar-refractivity contribution in [2.75, 3.05) is 53.7 Å². The maximum Gasteiger partial charge on any atom is 0.224 e. The van der Waals surface area contributed by atoms with Crippen LogP contribution in [0.4, 0.5) is 0 Å². The smallest absolute Gasteiger partial charge is 0.224 e. The molecule has 1 saturated heterocycles. The second-order valence-electron chi connectivity index (χ2n) is 4.81. The molecular weight excluding hydrogens is 248 g/mol. The summed E-state index contributed by atoms with van der Waals surface area (Å²) in [5, 5.41) is 3.30. The molecule has 0 radical (unpaired) electrons. The van der Waals surface area contributed by atoms with E-state index in [-0.39, 0.29) is 18.0 Å². The number of hydrogen-bond donors (Lipinski definition) is 1. The third kappa shape index (κ3) is 5.86. The Bertz CT molecular complexity index is 257. The Morgan fingerprint density at radius 3 is 2.84 bits per heavy atom. The van der Waals surface area contributed by atoms with Gasteiger partial charge in [0, 0.05) is 39.8 Å². The number of nitrogens with zero attached hydrogens (tertiary/aromatic N) is 1. The minimum atomic E-state index is 0.0529. The lowest BCUT2D eigenvalue weighted by Gasteiger charge is -2.31. The summed E-state index contributed by atoms with van der Waals surface area (Å²) < 4.78 is 15.6. The summed E-state index contributed by atoms with van der Waals surface area (Å²) >= 11 is 0. The third-order valence-electron chi connectivity index (χ3n) is 3.22. The first kappa shape index (κ1) is 16.4. The number of morpholine rings is 1. The molecular formula is C13H26N2O4. The average Bonchev–Trinajstić information content (AvgIpc) is 2.40. The summed E-state index contributed by atoms with van der Waals surface area (Å²) in [6.07, 6.45) is 0.456. The van der Waals surface area contributed by atoms with E-state index in [4.69, 9.17) is 14.2 Å². The lowest BCUT2D eigenvalue weighted by Crippen LogP contribution is -2.48. The van der Waals surface area contributed by atoms with E-state index in [1.165, 1.54) is 0 Å². The zero-order chi connectivity index (χ0) is 14.1. The van der Waals surface area contributed by atoms with Gasteiger partial charge in [0.25, 0.3) is 0 Å². The lowest BCUT2D eigenvalue weighted by molar-refractivity contribution is -0.136. The van der Waals surface area contributed by atoms with Crippen molar-refractivity contribution in [3.8, 4) is 0 Å². The van der Waals surface area contributed by atoms with Gasteiger partial charge in [-0.2, -0.15) is 0 Å². The van der Waals surface area contributed by atoms with E-state index >= 15 is 0 Å². The molecule has 0 spiro atoms. The monoisotopic (exact) mass is 274 g/mol. The van der Waals surface area contributed by atoms with Gasteiger partial charge in [0.05, 0.1) is 32.5 Å². The van der Waals surface area contributed by atoms with Crippen LogP contribution in [0.2, 0.25) is 0 Å². The molecule has 1 heterocycles. The van der Waals surface area contributed by atoms with Gasteiger partial charge in [-0.1, -0.05) is 0 Å². The second-order valence-corrected chi connectivity index (χ2v) is 4.81. The van der Waals surface area contributed by atoms with E-state index in [0.29, 0.717) is 32.8 Å². The highest BCUT2D eigenvalue weighted by Crippen LogP contribution is 2.07. The van der Waals surface area contributed by atoms with Crippen molar-refractivity contribution in [2.24, 2.45) is 0 Å². The molecule has 6 nitrogen and oxygen atoms in total.